The lowest BCUT2D eigenvalue weighted by atomic mass is 10.3. The van der Waals surface area contributed by atoms with E-state index in [2.05, 4.69) is 9.73 Å². The van der Waals surface area contributed by atoms with Gasteiger partial charge in [0.15, 0.2) is 5.90 Å². The number of ether oxygens (including phenoxy) is 2. The zero-order valence-corrected chi connectivity index (χ0v) is 8.77. The molecule has 0 radical (unpaired) electrons. The van der Waals surface area contributed by atoms with Crippen LogP contribution in [0, 0.1) is 0 Å². The molecule has 0 spiro atoms. The molecular formula is C11H13NO3. The third kappa shape index (κ3) is 3.81. The summed E-state index contributed by atoms with van der Waals surface area (Å²) in [6.45, 7) is 0. The molecule has 1 aromatic carbocycles. The topological polar surface area (TPSA) is 47.9 Å². The van der Waals surface area contributed by atoms with Crippen molar-refractivity contribution in [3.63, 3.8) is 0 Å². The number of esters is 1. The molecule has 0 aliphatic heterocycles. The number of benzene rings is 1. The number of para-hydroxylation sites is 1. The van der Waals surface area contributed by atoms with Gasteiger partial charge in [-0.2, -0.15) is 0 Å². The molecule has 0 unspecified atom stereocenters. The van der Waals surface area contributed by atoms with Crippen LogP contribution in [0.3, 0.4) is 0 Å². The van der Waals surface area contributed by atoms with Gasteiger partial charge in [-0.05, 0) is 12.1 Å². The fourth-order valence-corrected chi connectivity index (χ4v) is 1.000. The van der Waals surface area contributed by atoms with Gasteiger partial charge in [-0.25, -0.2) is 4.99 Å². The maximum atomic E-state index is 11.0. The van der Waals surface area contributed by atoms with Gasteiger partial charge in [0.2, 0.25) is 0 Å². The van der Waals surface area contributed by atoms with E-state index in [9.17, 15) is 4.79 Å². The van der Waals surface area contributed by atoms with Crippen molar-refractivity contribution >= 4 is 17.6 Å². The summed E-state index contributed by atoms with van der Waals surface area (Å²) in [4.78, 5) is 15.1. The van der Waals surface area contributed by atoms with Gasteiger partial charge in [-0.15, -0.1) is 0 Å². The summed E-state index contributed by atoms with van der Waals surface area (Å²) in [5, 5.41) is 0. The largest absolute Gasteiger partial charge is 0.484 e. The number of carbonyl (C=O) groups excluding carboxylic acids is 1. The fraction of sp³-hybridized carbons (Fsp3) is 0.273. The standard InChI is InChI=1S/C11H13NO3/c1-14-10(8-11(13)15-2)12-9-6-4-3-5-7-9/h3-7H,8H2,1-2H3. The van der Waals surface area contributed by atoms with E-state index in [1.807, 2.05) is 30.3 Å². The number of hydrogen-bond acceptors (Lipinski definition) is 4. The average Bonchev–Trinajstić information content (AvgIpc) is 2.29. The first-order valence-corrected chi connectivity index (χ1v) is 4.49. The average molecular weight is 207 g/mol. The molecule has 1 aromatic rings. The molecule has 0 heterocycles. The first-order valence-electron chi connectivity index (χ1n) is 4.49. The number of methoxy groups -OCH3 is 2. The van der Waals surface area contributed by atoms with Crippen LogP contribution in [-0.4, -0.2) is 26.1 Å². The predicted octanol–water partition coefficient (Wildman–Crippen LogP) is 1.93. The first-order chi connectivity index (χ1) is 7.26. The molecule has 1 rings (SSSR count). The third-order valence-electron chi connectivity index (χ3n) is 1.77. The molecule has 0 aliphatic rings. The summed E-state index contributed by atoms with van der Waals surface area (Å²) >= 11 is 0. The Balaban J connectivity index is 2.74. The number of aliphatic imine (C=N–C) groups is 1. The van der Waals surface area contributed by atoms with Gasteiger partial charge in [0, 0.05) is 0 Å². The van der Waals surface area contributed by atoms with E-state index in [0.717, 1.165) is 5.69 Å². The number of rotatable bonds is 3. The van der Waals surface area contributed by atoms with Crippen LogP contribution in [-0.2, 0) is 14.3 Å². The molecule has 80 valence electrons. The number of hydrogen-bond donors (Lipinski definition) is 0. The van der Waals surface area contributed by atoms with Crippen molar-refractivity contribution < 1.29 is 14.3 Å². The van der Waals surface area contributed by atoms with E-state index >= 15 is 0 Å². The lowest BCUT2D eigenvalue weighted by Crippen LogP contribution is -2.10. The van der Waals surface area contributed by atoms with E-state index in [0.29, 0.717) is 5.90 Å². The zero-order chi connectivity index (χ0) is 11.1. The summed E-state index contributed by atoms with van der Waals surface area (Å²) in [7, 11) is 2.81. The Morgan fingerprint density at radius 1 is 1.20 bits per heavy atom. The number of carbonyl (C=O) groups is 1. The summed E-state index contributed by atoms with van der Waals surface area (Å²) in [5.41, 5.74) is 0.748. The molecule has 0 aromatic heterocycles. The van der Waals surface area contributed by atoms with E-state index < -0.39 is 0 Å². The van der Waals surface area contributed by atoms with Gasteiger partial charge in [0.25, 0.3) is 0 Å². The summed E-state index contributed by atoms with van der Waals surface area (Å²) in [6, 6.07) is 9.28. The van der Waals surface area contributed by atoms with Crippen molar-refractivity contribution in [3.8, 4) is 0 Å². The van der Waals surface area contributed by atoms with Gasteiger partial charge in [0.05, 0.1) is 19.9 Å². The summed E-state index contributed by atoms with van der Waals surface area (Å²) in [6.07, 6.45) is 0.0435. The highest BCUT2D eigenvalue weighted by Crippen LogP contribution is 2.11. The lowest BCUT2D eigenvalue weighted by Gasteiger charge is -2.03. The minimum Gasteiger partial charge on any atom is -0.484 e. The van der Waals surface area contributed by atoms with Crippen LogP contribution in [0.4, 0.5) is 5.69 Å². The smallest absolute Gasteiger partial charge is 0.314 e. The quantitative estimate of drug-likeness (QED) is 0.432. The first kappa shape index (κ1) is 11.2. The molecule has 0 fully saturated rings. The van der Waals surface area contributed by atoms with E-state index in [-0.39, 0.29) is 12.4 Å². The maximum absolute atomic E-state index is 11.0. The van der Waals surface area contributed by atoms with Crippen LogP contribution in [0.25, 0.3) is 0 Å². The molecule has 0 aliphatic carbocycles. The highest BCUT2D eigenvalue weighted by Gasteiger charge is 2.07. The van der Waals surface area contributed by atoms with Crippen LogP contribution in [0.2, 0.25) is 0 Å². The molecule has 0 amide bonds. The van der Waals surface area contributed by atoms with Crippen LogP contribution < -0.4 is 0 Å². The summed E-state index contributed by atoms with van der Waals surface area (Å²) < 4.78 is 9.50. The van der Waals surface area contributed by atoms with Crippen molar-refractivity contribution in [2.75, 3.05) is 14.2 Å². The molecule has 0 bridgehead atoms. The molecule has 0 atom stereocenters. The Hall–Kier alpha value is -1.84. The van der Waals surface area contributed by atoms with Crippen molar-refractivity contribution in [1.82, 2.24) is 0 Å². The third-order valence-corrected chi connectivity index (χ3v) is 1.77. The maximum Gasteiger partial charge on any atom is 0.314 e. The Kier molecular flexibility index (Phi) is 4.34. The van der Waals surface area contributed by atoms with Gasteiger partial charge in [-0.1, -0.05) is 18.2 Å². The van der Waals surface area contributed by atoms with Crippen molar-refractivity contribution in [3.05, 3.63) is 30.3 Å². The van der Waals surface area contributed by atoms with E-state index in [1.54, 1.807) is 0 Å². The Labute approximate surface area is 88.5 Å². The Bertz CT molecular complexity index is 346. The van der Waals surface area contributed by atoms with Crippen LogP contribution in [0.5, 0.6) is 0 Å². The Morgan fingerprint density at radius 3 is 2.40 bits per heavy atom. The van der Waals surface area contributed by atoms with E-state index in [4.69, 9.17) is 4.74 Å². The molecule has 0 saturated carbocycles. The second kappa shape index (κ2) is 5.80. The minimum absolute atomic E-state index is 0.0435. The van der Waals surface area contributed by atoms with Crippen LogP contribution in [0.15, 0.2) is 35.3 Å². The monoisotopic (exact) mass is 207 g/mol. The second-order valence-electron chi connectivity index (χ2n) is 2.80. The van der Waals surface area contributed by atoms with Crippen LogP contribution in [0.1, 0.15) is 6.42 Å². The van der Waals surface area contributed by atoms with Gasteiger partial charge in [0.1, 0.15) is 6.42 Å². The van der Waals surface area contributed by atoms with Gasteiger partial charge in [-0.3, -0.25) is 4.79 Å². The summed E-state index contributed by atoms with van der Waals surface area (Å²) in [5.74, 6) is -0.0282. The zero-order valence-electron chi connectivity index (χ0n) is 8.77. The minimum atomic E-state index is -0.369. The second-order valence-corrected chi connectivity index (χ2v) is 2.80. The normalized spacial score (nSPS) is 10.9. The molecule has 4 heteroatoms. The van der Waals surface area contributed by atoms with Crippen molar-refractivity contribution in [2.45, 2.75) is 6.42 Å². The molecular weight excluding hydrogens is 194 g/mol. The number of nitrogens with zero attached hydrogens (tertiary/aromatic N) is 1. The SMILES string of the molecule is COC(=O)CC(=Nc1ccccc1)OC. The van der Waals surface area contributed by atoms with E-state index in [1.165, 1.54) is 14.2 Å². The predicted molar refractivity (Wildman–Crippen MR) is 57.2 cm³/mol. The van der Waals surface area contributed by atoms with Crippen molar-refractivity contribution in [1.29, 1.82) is 0 Å². The Morgan fingerprint density at radius 2 is 1.87 bits per heavy atom. The van der Waals surface area contributed by atoms with Gasteiger partial charge < -0.3 is 9.47 Å². The van der Waals surface area contributed by atoms with Gasteiger partial charge >= 0.3 is 5.97 Å². The van der Waals surface area contributed by atoms with Crippen molar-refractivity contribution in [2.24, 2.45) is 4.99 Å². The highest BCUT2D eigenvalue weighted by molar-refractivity contribution is 5.95. The fourth-order valence-electron chi connectivity index (χ4n) is 1.000. The molecule has 15 heavy (non-hydrogen) atoms. The molecule has 4 nitrogen and oxygen atoms in total. The molecule has 0 saturated heterocycles. The lowest BCUT2D eigenvalue weighted by molar-refractivity contribution is -0.139. The van der Waals surface area contributed by atoms with Crippen LogP contribution >= 0.6 is 0 Å². The highest BCUT2D eigenvalue weighted by atomic mass is 16.5. The molecule has 0 N–H and O–H groups in total.